The minimum absolute atomic E-state index is 0.533. The first-order valence-electron chi connectivity index (χ1n) is 3.17. The molecule has 14 heavy (non-hydrogen) atoms. The van der Waals surface area contributed by atoms with Crippen molar-refractivity contribution in [2.45, 2.75) is 5.51 Å². The number of hydrogen-bond donors (Lipinski definition) is 2. The van der Waals surface area contributed by atoms with Crippen LogP contribution in [-0.4, -0.2) is 19.1 Å². The number of alkyl halides is 3. The van der Waals surface area contributed by atoms with Crippen molar-refractivity contribution in [3.05, 3.63) is 23.0 Å². The summed E-state index contributed by atoms with van der Waals surface area (Å²) in [6.07, 6.45) is 1.97. The molecule has 1 aliphatic heterocycles. The van der Waals surface area contributed by atoms with Gasteiger partial charge >= 0.3 is 5.51 Å². The standard InChI is InChI=1S/C5H6F3NO3S2/c6-5(7,8)13(3-1-2-4-13)14(11,12)9-10/h1-4,9-10H. The zero-order valence-corrected chi connectivity index (χ0v) is 8.16. The molecule has 1 rings (SSSR count). The Morgan fingerprint density at radius 2 is 1.64 bits per heavy atom. The van der Waals surface area contributed by atoms with Gasteiger partial charge in [-0.05, 0) is 10.8 Å². The largest absolute Gasteiger partial charge is 0.446 e. The number of halogens is 3. The molecule has 0 aliphatic carbocycles. The van der Waals surface area contributed by atoms with Crippen molar-refractivity contribution in [1.29, 1.82) is 0 Å². The lowest BCUT2D eigenvalue weighted by molar-refractivity contribution is -0.0348. The highest BCUT2D eigenvalue weighted by atomic mass is 33.2. The molecule has 9 heteroatoms. The maximum Gasteiger partial charge on any atom is 0.446 e. The van der Waals surface area contributed by atoms with Gasteiger partial charge in [-0.1, -0.05) is 17.0 Å². The summed E-state index contributed by atoms with van der Waals surface area (Å²) in [5.74, 6) is 0. The Labute approximate surface area is 78.8 Å². The molecule has 0 atom stereocenters. The summed E-state index contributed by atoms with van der Waals surface area (Å²) in [7, 11) is -8.98. The summed E-state index contributed by atoms with van der Waals surface area (Å²) in [5, 5.41) is 9.26. The molecule has 0 spiro atoms. The van der Waals surface area contributed by atoms with Crippen LogP contribution < -0.4 is 4.89 Å². The van der Waals surface area contributed by atoms with Gasteiger partial charge < -0.3 is 5.21 Å². The molecule has 2 N–H and O–H groups in total. The minimum Gasteiger partial charge on any atom is -0.301 e. The van der Waals surface area contributed by atoms with Crippen LogP contribution in [0.3, 0.4) is 0 Å². The summed E-state index contributed by atoms with van der Waals surface area (Å²) in [6.45, 7) is 0. The number of rotatable bonds is 2. The number of nitrogens with one attached hydrogen (secondary N) is 1. The predicted molar refractivity (Wildman–Crippen MR) is 45.8 cm³/mol. The Hall–Kier alpha value is -0.510. The molecule has 0 aromatic carbocycles. The van der Waals surface area contributed by atoms with Crippen LogP contribution >= 0.6 is 9.06 Å². The van der Waals surface area contributed by atoms with Crippen molar-refractivity contribution < 1.29 is 26.8 Å². The molecule has 0 radical (unpaired) electrons. The van der Waals surface area contributed by atoms with E-state index in [1.165, 1.54) is 0 Å². The van der Waals surface area contributed by atoms with E-state index in [2.05, 4.69) is 0 Å². The van der Waals surface area contributed by atoms with Crippen LogP contribution in [0.1, 0.15) is 0 Å². The average Bonchev–Trinajstić information content (AvgIpc) is 2.52. The first kappa shape index (κ1) is 11.6. The normalized spacial score (nSPS) is 22.6. The van der Waals surface area contributed by atoms with Gasteiger partial charge in [0, 0.05) is 9.06 Å². The van der Waals surface area contributed by atoms with Crippen LogP contribution in [0.25, 0.3) is 0 Å². The van der Waals surface area contributed by atoms with E-state index in [0.717, 1.165) is 17.0 Å². The van der Waals surface area contributed by atoms with Crippen LogP contribution in [-0.2, 0) is 9.06 Å². The van der Waals surface area contributed by atoms with Gasteiger partial charge in [-0.25, -0.2) is 0 Å². The fraction of sp³-hybridized carbons (Fsp3) is 0.200. The Balaban J connectivity index is 3.36. The zero-order chi connectivity index (χ0) is 11.0. The first-order chi connectivity index (χ1) is 6.27. The third-order valence-electron chi connectivity index (χ3n) is 1.51. The molecular weight excluding hydrogens is 243 g/mol. The van der Waals surface area contributed by atoms with E-state index in [1.54, 1.807) is 0 Å². The van der Waals surface area contributed by atoms with Crippen molar-refractivity contribution in [2.24, 2.45) is 0 Å². The smallest absolute Gasteiger partial charge is 0.301 e. The predicted octanol–water partition coefficient (Wildman–Crippen LogP) is 1.58. The summed E-state index contributed by atoms with van der Waals surface area (Å²) in [5.41, 5.74) is -4.94. The molecule has 4 nitrogen and oxygen atoms in total. The maximum atomic E-state index is 12.5. The van der Waals surface area contributed by atoms with Gasteiger partial charge in [0.05, 0.1) is 0 Å². The Morgan fingerprint density at radius 1 is 1.21 bits per heavy atom. The third-order valence-corrected chi connectivity index (χ3v) is 7.94. The molecule has 0 saturated heterocycles. The van der Waals surface area contributed by atoms with Gasteiger partial charge in [0.2, 0.25) is 0 Å². The quantitative estimate of drug-likeness (QED) is 0.576. The van der Waals surface area contributed by atoms with Gasteiger partial charge in [0.15, 0.2) is 0 Å². The van der Waals surface area contributed by atoms with E-state index in [9.17, 15) is 21.6 Å². The molecule has 0 saturated carbocycles. The summed E-state index contributed by atoms with van der Waals surface area (Å²) >= 11 is 0. The molecule has 0 amide bonds. The highest BCUT2D eigenvalue weighted by Gasteiger charge is 2.57. The summed E-state index contributed by atoms with van der Waals surface area (Å²) in [6, 6.07) is 0. The molecule has 0 fully saturated rings. The Bertz CT molecular complexity index is 372. The highest BCUT2D eigenvalue weighted by molar-refractivity contribution is 8.92. The Kier molecular flexibility index (Phi) is 2.69. The van der Waals surface area contributed by atoms with Crippen LogP contribution in [0.15, 0.2) is 23.0 Å². The third kappa shape index (κ3) is 1.45. The SMILES string of the molecule is O=S(=O)(NO)S1(C(F)(F)F)C=CC=C1. The number of allylic oxidation sites excluding steroid dienone is 2. The van der Waals surface area contributed by atoms with Gasteiger partial charge in [-0.15, -0.1) is 0 Å². The van der Waals surface area contributed by atoms with Crippen molar-refractivity contribution in [1.82, 2.24) is 4.89 Å². The molecule has 0 aromatic heterocycles. The van der Waals surface area contributed by atoms with Gasteiger partial charge in [-0.3, -0.25) is 0 Å². The topological polar surface area (TPSA) is 66.4 Å². The molecule has 0 unspecified atom stereocenters. The second kappa shape index (κ2) is 3.26. The van der Waals surface area contributed by atoms with Gasteiger partial charge in [-0.2, -0.15) is 21.6 Å². The van der Waals surface area contributed by atoms with Crippen LogP contribution in [0.4, 0.5) is 13.2 Å². The average molecular weight is 249 g/mol. The minimum atomic E-state index is -4.94. The van der Waals surface area contributed by atoms with E-state index in [0.29, 0.717) is 10.8 Å². The van der Waals surface area contributed by atoms with Crippen LogP contribution in [0.2, 0.25) is 0 Å². The lowest BCUT2D eigenvalue weighted by atomic mass is 10.6. The van der Waals surface area contributed by atoms with Gasteiger partial charge in [0.1, 0.15) is 0 Å². The first-order valence-corrected chi connectivity index (χ1v) is 6.93. The summed E-state index contributed by atoms with van der Waals surface area (Å²) in [4.78, 5) is 0.717. The van der Waals surface area contributed by atoms with Crippen molar-refractivity contribution in [3.63, 3.8) is 0 Å². The lowest BCUT2D eigenvalue weighted by Gasteiger charge is -2.31. The second-order valence-electron chi connectivity index (χ2n) is 2.30. The van der Waals surface area contributed by atoms with E-state index >= 15 is 0 Å². The highest BCUT2D eigenvalue weighted by Crippen LogP contribution is 2.69. The summed E-state index contributed by atoms with van der Waals surface area (Å²) < 4.78 is 59.6. The van der Waals surface area contributed by atoms with E-state index in [1.807, 2.05) is 0 Å². The second-order valence-corrected chi connectivity index (χ2v) is 8.66. The molecule has 1 aliphatic rings. The fourth-order valence-corrected chi connectivity index (χ4v) is 4.95. The van der Waals surface area contributed by atoms with E-state index in [-0.39, 0.29) is 0 Å². The zero-order valence-electron chi connectivity index (χ0n) is 6.52. The maximum absolute atomic E-state index is 12.5. The monoisotopic (exact) mass is 249 g/mol. The van der Waals surface area contributed by atoms with E-state index in [4.69, 9.17) is 5.21 Å². The molecule has 82 valence electrons. The fourth-order valence-electron chi connectivity index (χ4n) is 0.856. The van der Waals surface area contributed by atoms with E-state index < -0.39 is 23.6 Å². The van der Waals surface area contributed by atoms with Crippen molar-refractivity contribution in [3.8, 4) is 0 Å². The lowest BCUT2D eigenvalue weighted by Crippen LogP contribution is -2.31. The van der Waals surface area contributed by atoms with Crippen molar-refractivity contribution >= 4 is 18.1 Å². The van der Waals surface area contributed by atoms with Crippen LogP contribution in [0.5, 0.6) is 0 Å². The van der Waals surface area contributed by atoms with Gasteiger partial charge in [0.25, 0.3) is 9.06 Å². The van der Waals surface area contributed by atoms with Crippen molar-refractivity contribution in [2.75, 3.05) is 0 Å². The van der Waals surface area contributed by atoms with Crippen LogP contribution in [0, 0.1) is 0 Å². The molecule has 0 aromatic rings. The molecule has 0 bridgehead atoms. The number of hydrogen-bond acceptors (Lipinski definition) is 3. The molecular formula is C5H6F3NO3S2. The molecule has 1 heterocycles. The Morgan fingerprint density at radius 3 is 1.93 bits per heavy atom.